The van der Waals surface area contributed by atoms with Crippen molar-refractivity contribution in [2.75, 3.05) is 33.4 Å². The molecule has 1 aliphatic rings. The Labute approximate surface area is 98.5 Å². The quantitative estimate of drug-likeness (QED) is 0.720. The van der Waals surface area contributed by atoms with Crippen LogP contribution in [0.15, 0.2) is 0 Å². The van der Waals surface area contributed by atoms with Crippen molar-refractivity contribution in [2.45, 2.75) is 39.2 Å². The number of methoxy groups -OCH3 is 1. The van der Waals surface area contributed by atoms with Crippen LogP contribution in [0, 0.1) is 0 Å². The number of rotatable bonds is 5. The Hall–Kier alpha value is -0.770. The maximum Gasteiger partial charge on any atom is 0.320 e. The minimum atomic E-state index is 0.184. The molecule has 4 heteroatoms. The Balaban J connectivity index is 2.55. The van der Waals surface area contributed by atoms with E-state index in [-0.39, 0.29) is 6.03 Å². The molecule has 1 fully saturated rings. The van der Waals surface area contributed by atoms with Crippen molar-refractivity contribution < 1.29 is 9.53 Å². The molecule has 0 aromatic rings. The largest absolute Gasteiger partial charge is 0.383 e. The number of likely N-dealkylation sites (tertiary alicyclic amines) is 1. The molecule has 16 heavy (non-hydrogen) atoms. The number of amides is 2. The summed E-state index contributed by atoms with van der Waals surface area (Å²) in [7, 11) is 1.68. The molecule has 94 valence electrons. The predicted molar refractivity (Wildman–Crippen MR) is 64.5 cm³/mol. The number of nitrogens with zero attached hydrogens (tertiary/aromatic N) is 2. The number of ether oxygens (including phenoxy) is 1. The monoisotopic (exact) mass is 228 g/mol. The highest BCUT2D eigenvalue weighted by Gasteiger charge is 2.25. The molecule has 0 spiro atoms. The van der Waals surface area contributed by atoms with E-state index >= 15 is 0 Å². The van der Waals surface area contributed by atoms with Gasteiger partial charge in [0.25, 0.3) is 0 Å². The second-order valence-corrected chi connectivity index (χ2v) is 4.42. The lowest BCUT2D eigenvalue weighted by Crippen LogP contribution is -2.47. The number of hydrogen-bond acceptors (Lipinski definition) is 2. The topological polar surface area (TPSA) is 32.8 Å². The third kappa shape index (κ3) is 3.37. The average Bonchev–Trinajstić information content (AvgIpc) is 2.82. The maximum atomic E-state index is 12.2. The van der Waals surface area contributed by atoms with E-state index in [1.165, 1.54) is 0 Å². The van der Waals surface area contributed by atoms with Gasteiger partial charge in [0.2, 0.25) is 0 Å². The van der Waals surface area contributed by atoms with Crippen LogP contribution in [0.3, 0.4) is 0 Å². The fourth-order valence-corrected chi connectivity index (χ4v) is 2.00. The van der Waals surface area contributed by atoms with Crippen LogP contribution < -0.4 is 0 Å². The van der Waals surface area contributed by atoms with E-state index in [1.807, 2.05) is 9.80 Å². The van der Waals surface area contributed by atoms with Gasteiger partial charge in [-0.2, -0.15) is 0 Å². The molecule has 0 aromatic heterocycles. The van der Waals surface area contributed by atoms with Gasteiger partial charge in [-0.1, -0.05) is 6.92 Å². The first-order valence-corrected chi connectivity index (χ1v) is 6.25. The lowest BCUT2D eigenvalue weighted by Gasteiger charge is -2.32. The molecule has 1 aliphatic heterocycles. The zero-order valence-corrected chi connectivity index (χ0v) is 10.7. The first-order chi connectivity index (χ1) is 7.70. The summed E-state index contributed by atoms with van der Waals surface area (Å²) in [5.74, 6) is 0. The summed E-state index contributed by atoms with van der Waals surface area (Å²) in [5, 5.41) is 0. The number of hydrogen-bond donors (Lipinski definition) is 0. The molecule has 0 bridgehead atoms. The number of urea groups is 1. The second kappa shape index (κ2) is 6.74. The molecule has 0 N–H and O–H groups in total. The highest BCUT2D eigenvalue weighted by Crippen LogP contribution is 2.13. The number of carbonyl (C=O) groups is 1. The van der Waals surface area contributed by atoms with Crippen molar-refractivity contribution in [2.24, 2.45) is 0 Å². The number of carbonyl (C=O) groups excluding carboxylic acids is 1. The van der Waals surface area contributed by atoms with Gasteiger partial charge in [0, 0.05) is 32.8 Å². The van der Waals surface area contributed by atoms with Crippen molar-refractivity contribution in [3.8, 4) is 0 Å². The van der Waals surface area contributed by atoms with Crippen molar-refractivity contribution in [1.29, 1.82) is 0 Å². The first kappa shape index (κ1) is 13.3. The molecule has 4 nitrogen and oxygen atoms in total. The lowest BCUT2D eigenvalue weighted by atomic mass is 10.2. The van der Waals surface area contributed by atoms with Gasteiger partial charge in [0.15, 0.2) is 0 Å². The molecule has 0 aliphatic carbocycles. The minimum absolute atomic E-state index is 0.184. The van der Waals surface area contributed by atoms with E-state index in [2.05, 4.69) is 13.8 Å². The summed E-state index contributed by atoms with van der Waals surface area (Å²) in [6.07, 6.45) is 3.28. The van der Waals surface area contributed by atoms with Gasteiger partial charge in [-0.25, -0.2) is 4.79 Å². The van der Waals surface area contributed by atoms with Crippen LogP contribution in [0.4, 0.5) is 4.79 Å². The van der Waals surface area contributed by atoms with E-state index < -0.39 is 0 Å². The van der Waals surface area contributed by atoms with E-state index in [4.69, 9.17) is 4.74 Å². The molecule has 2 amide bonds. The predicted octanol–water partition coefficient (Wildman–Crippen LogP) is 1.95. The molecule has 1 heterocycles. The van der Waals surface area contributed by atoms with Crippen LogP contribution in [0.2, 0.25) is 0 Å². The Morgan fingerprint density at radius 1 is 1.44 bits per heavy atom. The summed E-state index contributed by atoms with van der Waals surface area (Å²) < 4.78 is 5.07. The third-order valence-corrected chi connectivity index (χ3v) is 3.28. The second-order valence-electron chi connectivity index (χ2n) is 4.42. The Kier molecular flexibility index (Phi) is 5.60. The fourth-order valence-electron chi connectivity index (χ4n) is 2.00. The molecule has 0 aromatic carbocycles. The highest BCUT2D eigenvalue weighted by atomic mass is 16.5. The standard InChI is InChI=1S/C12H24N2O2/c1-4-11(2)14(9-10-16-3)12(15)13-7-5-6-8-13/h11H,4-10H2,1-3H3. The van der Waals surface area contributed by atoms with Crippen molar-refractivity contribution in [3.05, 3.63) is 0 Å². The van der Waals surface area contributed by atoms with Gasteiger partial charge in [0.1, 0.15) is 0 Å². The van der Waals surface area contributed by atoms with Crippen LogP contribution in [0.5, 0.6) is 0 Å². The molecular formula is C12H24N2O2. The zero-order chi connectivity index (χ0) is 12.0. The van der Waals surface area contributed by atoms with Gasteiger partial charge in [-0.15, -0.1) is 0 Å². The summed E-state index contributed by atoms with van der Waals surface area (Å²) >= 11 is 0. The van der Waals surface area contributed by atoms with Crippen LogP contribution in [-0.2, 0) is 4.74 Å². The Bertz CT molecular complexity index is 215. The van der Waals surface area contributed by atoms with E-state index in [1.54, 1.807) is 7.11 Å². The van der Waals surface area contributed by atoms with Crippen LogP contribution >= 0.6 is 0 Å². The molecule has 1 rings (SSSR count). The van der Waals surface area contributed by atoms with Gasteiger partial charge in [0.05, 0.1) is 6.61 Å². The smallest absolute Gasteiger partial charge is 0.320 e. The Morgan fingerprint density at radius 2 is 2.06 bits per heavy atom. The van der Waals surface area contributed by atoms with Crippen molar-refractivity contribution >= 4 is 6.03 Å². The molecule has 0 radical (unpaired) electrons. The van der Waals surface area contributed by atoms with Gasteiger partial charge in [-0.3, -0.25) is 0 Å². The third-order valence-electron chi connectivity index (χ3n) is 3.28. The molecule has 1 atom stereocenters. The normalized spacial score (nSPS) is 17.6. The van der Waals surface area contributed by atoms with E-state index in [0.29, 0.717) is 19.2 Å². The maximum absolute atomic E-state index is 12.2. The van der Waals surface area contributed by atoms with Crippen LogP contribution in [0.1, 0.15) is 33.1 Å². The summed E-state index contributed by atoms with van der Waals surface area (Å²) in [4.78, 5) is 16.1. The van der Waals surface area contributed by atoms with Crippen LogP contribution in [0.25, 0.3) is 0 Å². The van der Waals surface area contributed by atoms with Crippen LogP contribution in [-0.4, -0.2) is 55.2 Å². The Morgan fingerprint density at radius 3 is 2.56 bits per heavy atom. The van der Waals surface area contributed by atoms with Gasteiger partial charge >= 0.3 is 6.03 Å². The highest BCUT2D eigenvalue weighted by molar-refractivity contribution is 5.75. The summed E-state index contributed by atoms with van der Waals surface area (Å²) in [6.45, 7) is 7.35. The fraction of sp³-hybridized carbons (Fsp3) is 0.917. The van der Waals surface area contributed by atoms with E-state index in [9.17, 15) is 4.79 Å². The van der Waals surface area contributed by atoms with Crippen molar-refractivity contribution in [1.82, 2.24) is 9.80 Å². The first-order valence-electron chi connectivity index (χ1n) is 6.25. The molecule has 1 saturated heterocycles. The van der Waals surface area contributed by atoms with Crippen molar-refractivity contribution in [3.63, 3.8) is 0 Å². The summed E-state index contributed by atoms with van der Waals surface area (Å²) in [6, 6.07) is 0.479. The summed E-state index contributed by atoms with van der Waals surface area (Å²) in [5.41, 5.74) is 0. The average molecular weight is 228 g/mol. The molecular weight excluding hydrogens is 204 g/mol. The lowest BCUT2D eigenvalue weighted by molar-refractivity contribution is 0.112. The SMILES string of the molecule is CCC(C)N(CCOC)C(=O)N1CCCC1. The molecule has 0 saturated carbocycles. The molecule has 1 unspecified atom stereocenters. The minimum Gasteiger partial charge on any atom is -0.383 e. The zero-order valence-electron chi connectivity index (χ0n) is 10.7. The van der Waals surface area contributed by atoms with Gasteiger partial charge in [-0.05, 0) is 26.2 Å². The van der Waals surface area contributed by atoms with E-state index in [0.717, 1.165) is 32.4 Å². The van der Waals surface area contributed by atoms with Gasteiger partial charge < -0.3 is 14.5 Å².